The minimum atomic E-state index is -1.26. The number of thioether (sulfide) groups is 1. The lowest BCUT2D eigenvalue weighted by Crippen LogP contribution is -2.65. The van der Waals surface area contributed by atoms with E-state index < -0.39 is 29.5 Å². The van der Waals surface area contributed by atoms with Crippen LogP contribution in [0.1, 0.15) is 13.3 Å². The van der Waals surface area contributed by atoms with Crippen molar-refractivity contribution in [3.63, 3.8) is 0 Å². The second kappa shape index (κ2) is 8.53. The summed E-state index contributed by atoms with van der Waals surface area (Å²) >= 11 is 7.11. The van der Waals surface area contributed by atoms with Crippen molar-refractivity contribution < 1.29 is 29.0 Å². The SMILES string of the molecule is CCC=C=NC(Cl)C(=O)OCC1=C(C(=O)O)N2C(=O)[C@@H](OC)[C@@H]2SC1. The van der Waals surface area contributed by atoms with Gasteiger partial charge in [-0.2, -0.15) is 0 Å². The molecule has 2 aliphatic heterocycles. The van der Waals surface area contributed by atoms with E-state index in [2.05, 4.69) is 10.9 Å². The number of carbonyl (C=O) groups is 3. The number of allylic oxidation sites excluding steroid dienone is 1. The molecule has 0 spiro atoms. The van der Waals surface area contributed by atoms with Crippen LogP contribution in [0, 0.1) is 0 Å². The first-order valence-corrected chi connectivity index (χ1v) is 8.91. The fraction of sp³-hybridized carbons (Fsp3) is 0.533. The number of methoxy groups -OCH3 is 1. The zero-order valence-electron chi connectivity index (χ0n) is 13.6. The zero-order valence-corrected chi connectivity index (χ0v) is 15.2. The maximum Gasteiger partial charge on any atom is 0.352 e. The van der Waals surface area contributed by atoms with Crippen LogP contribution in [0.5, 0.6) is 0 Å². The van der Waals surface area contributed by atoms with E-state index in [1.165, 1.54) is 18.9 Å². The summed E-state index contributed by atoms with van der Waals surface area (Å²) in [6, 6.07) is 0. The Morgan fingerprint density at radius 3 is 2.92 bits per heavy atom. The Kier molecular flexibility index (Phi) is 6.66. The molecule has 1 saturated heterocycles. The van der Waals surface area contributed by atoms with Crippen molar-refractivity contribution in [2.75, 3.05) is 19.5 Å². The van der Waals surface area contributed by atoms with Crippen LogP contribution in [0.15, 0.2) is 22.3 Å². The predicted molar refractivity (Wildman–Crippen MR) is 91.4 cm³/mol. The second-order valence-electron chi connectivity index (χ2n) is 5.14. The van der Waals surface area contributed by atoms with Gasteiger partial charge in [-0.25, -0.2) is 14.6 Å². The maximum absolute atomic E-state index is 12.0. The van der Waals surface area contributed by atoms with E-state index in [0.717, 1.165) is 4.90 Å². The molecule has 2 heterocycles. The molecular formula is C15H17ClN2O6S. The van der Waals surface area contributed by atoms with E-state index in [-0.39, 0.29) is 17.7 Å². The first-order valence-electron chi connectivity index (χ1n) is 7.42. The van der Waals surface area contributed by atoms with Gasteiger partial charge < -0.3 is 14.6 Å². The molecule has 1 amide bonds. The number of aliphatic carboxylic acids is 1. The van der Waals surface area contributed by atoms with Gasteiger partial charge in [0.05, 0.1) is 0 Å². The molecule has 0 bridgehead atoms. The third-order valence-electron chi connectivity index (χ3n) is 3.52. The fourth-order valence-electron chi connectivity index (χ4n) is 2.33. The number of fused-ring (bicyclic) bond motifs is 1. The number of alkyl halides is 1. The van der Waals surface area contributed by atoms with Crippen LogP contribution in [0.4, 0.5) is 0 Å². The Balaban J connectivity index is 2.08. The van der Waals surface area contributed by atoms with Crippen molar-refractivity contribution in [3.05, 3.63) is 17.3 Å². The Hall–Kier alpha value is -1.80. The minimum Gasteiger partial charge on any atom is -0.477 e. The van der Waals surface area contributed by atoms with Gasteiger partial charge in [0.2, 0.25) is 5.50 Å². The molecule has 2 rings (SSSR count). The van der Waals surface area contributed by atoms with Gasteiger partial charge in [0.15, 0.2) is 6.10 Å². The molecule has 8 nitrogen and oxygen atoms in total. The number of carbonyl (C=O) groups excluding carboxylic acids is 2. The van der Waals surface area contributed by atoms with E-state index in [1.54, 1.807) is 6.08 Å². The van der Waals surface area contributed by atoms with E-state index in [4.69, 9.17) is 21.1 Å². The molecule has 1 N–H and O–H groups in total. The number of halogens is 1. The number of hydrogen-bond acceptors (Lipinski definition) is 7. The third-order valence-corrected chi connectivity index (χ3v) is 5.11. The number of nitrogens with zero attached hydrogens (tertiary/aromatic N) is 2. The molecule has 2 aliphatic rings. The number of esters is 1. The molecule has 0 aromatic carbocycles. The highest BCUT2D eigenvalue weighted by Gasteiger charge is 2.54. The summed E-state index contributed by atoms with van der Waals surface area (Å²) in [6.07, 6.45) is 1.64. The number of rotatable bonds is 7. The van der Waals surface area contributed by atoms with Gasteiger partial charge in [-0.3, -0.25) is 9.69 Å². The highest BCUT2D eigenvalue weighted by atomic mass is 35.5. The highest BCUT2D eigenvalue weighted by molar-refractivity contribution is 8.00. The summed E-state index contributed by atoms with van der Waals surface area (Å²) < 4.78 is 10.1. The van der Waals surface area contributed by atoms with E-state index in [1.807, 2.05) is 6.92 Å². The average molecular weight is 389 g/mol. The Morgan fingerprint density at radius 2 is 2.32 bits per heavy atom. The van der Waals surface area contributed by atoms with Gasteiger partial charge in [0.1, 0.15) is 17.7 Å². The topological polar surface area (TPSA) is 105 Å². The number of β-lactam (4-membered cyclic amide) rings is 1. The monoisotopic (exact) mass is 388 g/mol. The Bertz CT molecular complexity index is 673. The number of hydrogen-bond donors (Lipinski definition) is 1. The Labute approximate surface area is 153 Å². The van der Waals surface area contributed by atoms with Crippen molar-refractivity contribution in [1.82, 2.24) is 4.90 Å². The molecule has 3 atom stereocenters. The molecule has 136 valence electrons. The number of ether oxygens (including phenoxy) is 2. The summed E-state index contributed by atoms with van der Waals surface area (Å²) in [4.78, 5) is 40.2. The molecule has 1 fully saturated rings. The number of amides is 1. The Morgan fingerprint density at radius 1 is 1.60 bits per heavy atom. The van der Waals surface area contributed by atoms with E-state index in [9.17, 15) is 19.5 Å². The van der Waals surface area contributed by atoms with Gasteiger partial charge >= 0.3 is 11.9 Å². The normalized spacial score (nSPS) is 23.2. The molecule has 1 unspecified atom stereocenters. The van der Waals surface area contributed by atoms with Gasteiger partial charge in [-0.15, -0.1) is 11.8 Å². The van der Waals surface area contributed by atoms with Gasteiger partial charge in [0.25, 0.3) is 5.91 Å². The largest absolute Gasteiger partial charge is 0.477 e. The predicted octanol–water partition coefficient (Wildman–Crippen LogP) is 0.999. The summed E-state index contributed by atoms with van der Waals surface area (Å²) in [5, 5.41) is 9.04. The molecular weight excluding hydrogens is 372 g/mol. The number of aliphatic imine (C=N–C) groups is 1. The second-order valence-corrected chi connectivity index (χ2v) is 6.66. The average Bonchev–Trinajstić information content (AvgIpc) is 2.59. The van der Waals surface area contributed by atoms with Crippen LogP contribution in [0.3, 0.4) is 0 Å². The summed E-state index contributed by atoms with van der Waals surface area (Å²) in [6.45, 7) is 1.60. The van der Waals surface area contributed by atoms with Gasteiger partial charge in [-0.05, 0) is 18.4 Å². The van der Waals surface area contributed by atoms with Crippen molar-refractivity contribution in [2.45, 2.75) is 30.3 Å². The quantitative estimate of drug-likeness (QED) is 0.228. The van der Waals surface area contributed by atoms with Crippen LogP contribution >= 0.6 is 23.4 Å². The van der Waals surface area contributed by atoms with Gasteiger partial charge in [0, 0.05) is 18.4 Å². The molecule has 0 aromatic heterocycles. The lowest BCUT2D eigenvalue weighted by molar-refractivity contribution is -0.162. The van der Waals surface area contributed by atoms with Crippen LogP contribution < -0.4 is 0 Å². The van der Waals surface area contributed by atoms with Crippen LogP contribution in [-0.4, -0.2) is 70.2 Å². The van der Waals surface area contributed by atoms with Crippen molar-refractivity contribution in [3.8, 4) is 0 Å². The first-order chi connectivity index (χ1) is 11.9. The van der Waals surface area contributed by atoms with Crippen molar-refractivity contribution in [1.29, 1.82) is 0 Å². The maximum atomic E-state index is 12.0. The fourth-order valence-corrected chi connectivity index (χ4v) is 3.80. The smallest absolute Gasteiger partial charge is 0.352 e. The summed E-state index contributed by atoms with van der Waals surface area (Å²) in [7, 11) is 1.40. The number of carboxylic acids is 1. The van der Waals surface area contributed by atoms with E-state index in [0.29, 0.717) is 17.7 Å². The zero-order chi connectivity index (χ0) is 18.6. The van der Waals surface area contributed by atoms with Crippen LogP contribution in [0.25, 0.3) is 0 Å². The molecule has 0 aromatic rings. The highest BCUT2D eigenvalue weighted by Crippen LogP contribution is 2.41. The lowest BCUT2D eigenvalue weighted by atomic mass is 10.1. The third kappa shape index (κ3) is 4.07. The first kappa shape index (κ1) is 19.5. The molecule has 0 radical (unpaired) electrons. The van der Waals surface area contributed by atoms with Crippen molar-refractivity contribution >= 4 is 47.1 Å². The molecule has 0 saturated carbocycles. The standard InChI is InChI=1S/C15H17ClN2O6S/c1-3-4-5-17-11(16)15(22)24-6-8-7-25-13-10(23-2)12(19)18(13)9(8)14(20)21/h4,10-11,13H,3,6-7H2,1-2H3,(H,20,21)/t10-,11?,13+/m1/s1. The van der Waals surface area contributed by atoms with Crippen LogP contribution in [-0.2, 0) is 23.9 Å². The molecule has 0 aliphatic carbocycles. The lowest BCUT2D eigenvalue weighted by Gasteiger charge is -2.48. The molecule has 25 heavy (non-hydrogen) atoms. The molecule has 10 heteroatoms. The van der Waals surface area contributed by atoms with Crippen LogP contribution in [0.2, 0.25) is 0 Å². The van der Waals surface area contributed by atoms with E-state index >= 15 is 0 Å². The number of carboxylic acid groups (broad SMARTS) is 1. The summed E-state index contributed by atoms with van der Waals surface area (Å²) in [5.74, 6) is 0.314. The minimum absolute atomic E-state index is 0.171. The summed E-state index contributed by atoms with van der Waals surface area (Å²) in [5.41, 5.74) is -1.11. The van der Waals surface area contributed by atoms with Crippen molar-refractivity contribution in [2.24, 2.45) is 4.99 Å². The van der Waals surface area contributed by atoms with Gasteiger partial charge in [-0.1, -0.05) is 18.5 Å².